The van der Waals surface area contributed by atoms with Crippen LogP contribution in [-0.4, -0.2) is 53.9 Å². The Labute approximate surface area is 111 Å². The first kappa shape index (κ1) is 12.5. The molecule has 1 N–H and O–H groups in total. The molecule has 1 aliphatic rings. The average molecular weight is 281 g/mol. The van der Waals surface area contributed by atoms with Crippen molar-refractivity contribution in [2.24, 2.45) is 7.05 Å². The Morgan fingerprint density at radius 3 is 2.68 bits per heavy atom. The second-order valence-corrected chi connectivity index (χ2v) is 6.37. The average Bonchev–Trinajstić information content (AvgIpc) is 2.79. The topological polar surface area (TPSA) is 80.1 Å². The lowest BCUT2D eigenvalue weighted by molar-refractivity contribution is 0.360. The minimum absolute atomic E-state index is 0.236. The SMILES string of the molecule is Cn1nc2cccc(S(=O)(=O)N3CCNCC3)c2n1. The Bertz CT molecular complexity index is 703. The molecule has 0 unspecified atom stereocenters. The minimum Gasteiger partial charge on any atom is -0.314 e. The fourth-order valence-electron chi connectivity index (χ4n) is 2.25. The quantitative estimate of drug-likeness (QED) is 0.807. The molecule has 8 heteroatoms. The number of benzene rings is 1. The maximum atomic E-state index is 12.6. The van der Waals surface area contributed by atoms with E-state index < -0.39 is 10.0 Å². The van der Waals surface area contributed by atoms with Crippen LogP contribution in [0.3, 0.4) is 0 Å². The van der Waals surface area contributed by atoms with Gasteiger partial charge in [-0.1, -0.05) is 6.07 Å². The molecule has 0 amide bonds. The number of aromatic nitrogens is 3. The second kappa shape index (κ2) is 4.55. The molecule has 102 valence electrons. The summed E-state index contributed by atoms with van der Waals surface area (Å²) in [6.45, 7) is 2.32. The molecule has 7 nitrogen and oxygen atoms in total. The van der Waals surface area contributed by atoms with Gasteiger partial charge in [0, 0.05) is 33.2 Å². The van der Waals surface area contributed by atoms with Gasteiger partial charge in [-0.05, 0) is 12.1 Å². The van der Waals surface area contributed by atoms with Crippen LogP contribution in [0.25, 0.3) is 11.0 Å². The van der Waals surface area contributed by atoms with Gasteiger partial charge in [0.15, 0.2) is 0 Å². The van der Waals surface area contributed by atoms with Crippen LogP contribution in [0.1, 0.15) is 0 Å². The molecule has 1 saturated heterocycles. The number of nitrogens with one attached hydrogen (secondary N) is 1. The summed E-state index contributed by atoms with van der Waals surface area (Å²) in [5, 5.41) is 11.4. The molecule has 2 aromatic rings. The molecule has 1 aromatic heterocycles. The van der Waals surface area contributed by atoms with Crippen molar-refractivity contribution in [2.45, 2.75) is 4.90 Å². The van der Waals surface area contributed by atoms with Gasteiger partial charge in [-0.3, -0.25) is 0 Å². The predicted octanol–water partition coefficient (Wildman–Crippen LogP) is -0.438. The maximum Gasteiger partial charge on any atom is 0.245 e. The first-order valence-corrected chi connectivity index (χ1v) is 7.54. The van der Waals surface area contributed by atoms with Crippen molar-refractivity contribution in [1.82, 2.24) is 24.6 Å². The Kier molecular flexibility index (Phi) is 3.00. The molecule has 0 atom stereocenters. The zero-order chi connectivity index (χ0) is 13.5. The maximum absolute atomic E-state index is 12.6. The van der Waals surface area contributed by atoms with E-state index in [1.807, 2.05) is 0 Å². The summed E-state index contributed by atoms with van der Waals surface area (Å²) >= 11 is 0. The largest absolute Gasteiger partial charge is 0.314 e. The van der Waals surface area contributed by atoms with Gasteiger partial charge in [-0.25, -0.2) is 8.42 Å². The van der Waals surface area contributed by atoms with Crippen LogP contribution in [-0.2, 0) is 17.1 Å². The fraction of sp³-hybridized carbons (Fsp3) is 0.455. The Morgan fingerprint density at radius 1 is 1.21 bits per heavy atom. The summed E-state index contributed by atoms with van der Waals surface area (Å²) in [6.07, 6.45) is 0. The van der Waals surface area contributed by atoms with Gasteiger partial charge in [-0.2, -0.15) is 19.3 Å². The van der Waals surface area contributed by atoms with E-state index in [1.54, 1.807) is 25.2 Å². The Balaban J connectivity index is 2.12. The van der Waals surface area contributed by atoms with Crippen molar-refractivity contribution >= 4 is 21.1 Å². The highest BCUT2D eigenvalue weighted by Gasteiger charge is 2.28. The predicted molar refractivity (Wildman–Crippen MR) is 70.1 cm³/mol. The van der Waals surface area contributed by atoms with Crippen molar-refractivity contribution < 1.29 is 8.42 Å². The normalized spacial score (nSPS) is 17.9. The van der Waals surface area contributed by atoms with Crippen molar-refractivity contribution in [2.75, 3.05) is 26.2 Å². The first-order valence-electron chi connectivity index (χ1n) is 6.10. The lowest BCUT2D eigenvalue weighted by atomic mass is 10.3. The van der Waals surface area contributed by atoms with E-state index in [0.29, 0.717) is 37.2 Å². The van der Waals surface area contributed by atoms with Crippen molar-refractivity contribution in [1.29, 1.82) is 0 Å². The van der Waals surface area contributed by atoms with Gasteiger partial charge >= 0.3 is 0 Å². The highest BCUT2D eigenvalue weighted by Crippen LogP contribution is 2.23. The lowest BCUT2D eigenvalue weighted by Gasteiger charge is -2.26. The second-order valence-electron chi connectivity index (χ2n) is 4.47. The number of aryl methyl sites for hydroxylation is 1. The summed E-state index contributed by atoms with van der Waals surface area (Å²) in [6, 6.07) is 5.06. The molecule has 1 aromatic carbocycles. The molecular weight excluding hydrogens is 266 g/mol. The highest BCUT2D eigenvalue weighted by molar-refractivity contribution is 7.89. The van der Waals surface area contributed by atoms with Gasteiger partial charge in [0.1, 0.15) is 15.9 Å². The number of sulfonamides is 1. The monoisotopic (exact) mass is 281 g/mol. The van der Waals surface area contributed by atoms with E-state index >= 15 is 0 Å². The smallest absolute Gasteiger partial charge is 0.245 e. The third kappa shape index (κ3) is 2.11. The molecule has 0 spiro atoms. The van der Waals surface area contributed by atoms with Crippen molar-refractivity contribution in [3.05, 3.63) is 18.2 Å². The van der Waals surface area contributed by atoms with Crippen LogP contribution in [0.15, 0.2) is 23.1 Å². The van der Waals surface area contributed by atoms with Crippen LogP contribution in [0, 0.1) is 0 Å². The number of hydrogen-bond acceptors (Lipinski definition) is 5. The summed E-state index contributed by atoms with van der Waals surface area (Å²) in [4.78, 5) is 1.63. The molecule has 3 rings (SSSR count). The van der Waals surface area contributed by atoms with Crippen molar-refractivity contribution in [3.63, 3.8) is 0 Å². The summed E-state index contributed by atoms with van der Waals surface area (Å²) < 4.78 is 26.8. The van der Waals surface area contributed by atoms with Crippen LogP contribution in [0.2, 0.25) is 0 Å². The van der Waals surface area contributed by atoms with E-state index in [4.69, 9.17) is 0 Å². The standard InChI is InChI=1S/C11H15N5O2S/c1-15-13-9-3-2-4-10(11(9)14-15)19(17,18)16-7-5-12-6-8-16/h2-4,12H,5-8H2,1H3. The van der Waals surface area contributed by atoms with Crippen LogP contribution in [0.5, 0.6) is 0 Å². The number of nitrogens with zero attached hydrogens (tertiary/aromatic N) is 4. The van der Waals surface area contributed by atoms with E-state index in [-0.39, 0.29) is 4.90 Å². The van der Waals surface area contributed by atoms with Crippen LogP contribution in [0.4, 0.5) is 0 Å². The molecule has 0 saturated carbocycles. The van der Waals surface area contributed by atoms with Gasteiger partial charge < -0.3 is 5.32 Å². The fourth-order valence-corrected chi connectivity index (χ4v) is 3.83. The molecule has 19 heavy (non-hydrogen) atoms. The van der Waals surface area contributed by atoms with Crippen LogP contribution < -0.4 is 5.32 Å². The lowest BCUT2D eigenvalue weighted by Crippen LogP contribution is -2.46. The van der Waals surface area contributed by atoms with Gasteiger partial charge in [-0.15, -0.1) is 0 Å². The molecular formula is C11H15N5O2S. The van der Waals surface area contributed by atoms with Gasteiger partial charge in [0.25, 0.3) is 0 Å². The van der Waals surface area contributed by atoms with E-state index in [1.165, 1.54) is 9.10 Å². The first-order chi connectivity index (χ1) is 9.09. The third-order valence-electron chi connectivity index (χ3n) is 3.17. The third-order valence-corrected chi connectivity index (χ3v) is 5.10. The Hall–Kier alpha value is -1.51. The summed E-state index contributed by atoms with van der Waals surface area (Å²) in [5.74, 6) is 0. The number of rotatable bonds is 2. The minimum atomic E-state index is -3.50. The molecule has 1 aliphatic heterocycles. The van der Waals surface area contributed by atoms with Crippen molar-refractivity contribution in [3.8, 4) is 0 Å². The Morgan fingerprint density at radius 2 is 1.95 bits per heavy atom. The number of hydrogen-bond donors (Lipinski definition) is 1. The molecule has 0 bridgehead atoms. The van der Waals surface area contributed by atoms with Gasteiger partial charge in [0.2, 0.25) is 10.0 Å². The molecule has 0 radical (unpaired) electrons. The van der Waals surface area contributed by atoms with E-state index in [9.17, 15) is 8.42 Å². The zero-order valence-electron chi connectivity index (χ0n) is 10.6. The highest BCUT2D eigenvalue weighted by atomic mass is 32.2. The van der Waals surface area contributed by atoms with Gasteiger partial charge in [0.05, 0.1) is 0 Å². The van der Waals surface area contributed by atoms with Crippen LogP contribution >= 0.6 is 0 Å². The molecule has 2 heterocycles. The van der Waals surface area contributed by atoms with E-state index in [2.05, 4.69) is 15.5 Å². The summed E-state index contributed by atoms with van der Waals surface area (Å²) in [7, 11) is -1.82. The summed E-state index contributed by atoms with van der Waals surface area (Å²) in [5.41, 5.74) is 1.03. The zero-order valence-corrected chi connectivity index (χ0v) is 11.4. The molecule has 1 fully saturated rings. The number of fused-ring (bicyclic) bond motifs is 1. The number of piperazine rings is 1. The molecule has 0 aliphatic carbocycles. The van der Waals surface area contributed by atoms with E-state index in [0.717, 1.165) is 0 Å².